The van der Waals surface area contributed by atoms with Crippen molar-refractivity contribution in [2.45, 2.75) is 25.0 Å². The number of hydrogen-bond donors (Lipinski definition) is 4. The first-order valence-electron chi connectivity index (χ1n) is 6.73. The van der Waals surface area contributed by atoms with E-state index in [0.29, 0.717) is 18.5 Å². The van der Waals surface area contributed by atoms with Crippen molar-refractivity contribution in [1.29, 1.82) is 0 Å². The van der Waals surface area contributed by atoms with Crippen LogP contribution < -0.4 is 21.5 Å². The van der Waals surface area contributed by atoms with Gasteiger partial charge in [0, 0.05) is 37.4 Å². The summed E-state index contributed by atoms with van der Waals surface area (Å²) in [4.78, 5) is 16.2. The molecule has 102 valence electrons. The lowest BCUT2D eigenvalue weighted by molar-refractivity contribution is -0.124. The fourth-order valence-electron chi connectivity index (χ4n) is 2.78. The molecule has 4 N–H and O–H groups in total. The molecule has 0 saturated carbocycles. The molecule has 2 aliphatic heterocycles. The molecule has 3 atom stereocenters. The highest BCUT2D eigenvalue weighted by Crippen LogP contribution is 2.20. The van der Waals surface area contributed by atoms with Gasteiger partial charge in [0.25, 0.3) is 0 Å². The number of nitrogens with zero attached hydrogens (tertiary/aromatic N) is 1. The fourth-order valence-corrected chi connectivity index (χ4v) is 2.78. The van der Waals surface area contributed by atoms with E-state index in [-0.39, 0.29) is 11.9 Å². The molecule has 0 aliphatic carbocycles. The van der Waals surface area contributed by atoms with Gasteiger partial charge in [0.05, 0.1) is 0 Å². The molecule has 3 heterocycles. The Morgan fingerprint density at radius 3 is 3.26 bits per heavy atom. The third-order valence-electron chi connectivity index (χ3n) is 3.85. The summed E-state index contributed by atoms with van der Waals surface area (Å²) in [6, 6.07) is 4.07. The molecular formula is C13H19N5O. The van der Waals surface area contributed by atoms with E-state index < -0.39 is 0 Å². The van der Waals surface area contributed by atoms with Gasteiger partial charge in [-0.3, -0.25) is 15.2 Å². The topological polar surface area (TPSA) is 78.1 Å². The van der Waals surface area contributed by atoms with Crippen molar-refractivity contribution in [3.05, 3.63) is 30.1 Å². The molecule has 0 radical (unpaired) electrons. The van der Waals surface area contributed by atoms with E-state index in [9.17, 15) is 4.79 Å². The van der Waals surface area contributed by atoms with Crippen LogP contribution in [0.2, 0.25) is 0 Å². The zero-order chi connectivity index (χ0) is 13.1. The molecule has 3 rings (SSSR count). The average molecular weight is 261 g/mol. The molecule has 0 bridgehead atoms. The summed E-state index contributed by atoms with van der Waals surface area (Å²) >= 11 is 0. The standard InChI is InChI=1S/C13H19N5O/c19-13(16-7-9-2-1-4-14-6-9)12-10-8-15-5-3-11(10)17-18-12/h1-2,4,6,10-12,15,17-18H,3,5,7-8H2,(H,16,19). The van der Waals surface area contributed by atoms with Crippen LogP contribution in [-0.4, -0.2) is 36.1 Å². The van der Waals surface area contributed by atoms with Crippen molar-refractivity contribution in [3.8, 4) is 0 Å². The second kappa shape index (κ2) is 5.64. The van der Waals surface area contributed by atoms with Gasteiger partial charge in [0.2, 0.25) is 5.91 Å². The van der Waals surface area contributed by atoms with Gasteiger partial charge in [-0.15, -0.1) is 0 Å². The lowest BCUT2D eigenvalue weighted by Gasteiger charge is -2.27. The predicted octanol–water partition coefficient (Wildman–Crippen LogP) is -0.848. The number of rotatable bonds is 3. The largest absolute Gasteiger partial charge is 0.351 e. The Balaban J connectivity index is 1.56. The Morgan fingerprint density at radius 1 is 1.47 bits per heavy atom. The Morgan fingerprint density at radius 2 is 2.42 bits per heavy atom. The SMILES string of the molecule is O=C(NCc1cccnc1)C1NNC2CCNCC21. The highest BCUT2D eigenvalue weighted by atomic mass is 16.2. The van der Waals surface area contributed by atoms with Crippen LogP contribution in [0.1, 0.15) is 12.0 Å². The highest BCUT2D eigenvalue weighted by Gasteiger charge is 2.40. The molecule has 2 saturated heterocycles. The molecule has 0 aromatic carbocycles. The second-order valence-electron chi connectivity index (χ2n) is 5.11. The number of pyridine rings is 1. The van der Waals surface area contributed by atoms with Crippen LogP contribution in [-0.2, 0) is 11.3 Å². The summed E-state index contributed by atoms with van der Waals surface area (Å²) in [5.41, 5.74) is 7.36. The molecule has 0 spiro atoms. The molecule has 6 nitrogen and oxygen atoms in total. The normalized spacial score (nSPS) is 29.8. The Labute approximate surface area is 112 Å². The van der Waals surface area contributed by atoms with Gasteiger partial charge in [0.1, 0.15) is 6.04 Å². The van der Waals surface area contributed by atoms with Gasteiger partial charge < -0.3 is 10.6 Å². The van der Waals surface area contributed by atoms with Crippen molar-refractivity contribution < 1.29 is 4.79 Å². The molecule has 3 unspecified atom stereocenters. The van der Waals surface area contributed by atoms with Crippen LogP contribution in [0.15, 0.2) is 24.5 Å². The van der Waals surface area contributed by atoms with Gasteiger partial charge in [-0.05, 0) is 24.6 Å². The lowest BCUT2D eigenvalue weighted by atomic mass is 9.89. The summed E-state index contributed by atoms with van der Waals surface area (Å²) in [7, 11) is 0. The number of carbonyl (C=O) groups excluding carboxylic acids is 1. The second-order valence-corrected chi connectivity index (χ2v) is 5.11. The van der Waals surface area contributed by atoms with Crippen LogP contribution in [0.3, 0.4) is 0 Å². The molecule has 1 aromatic heterocycles. The minimum absolute atomic E-state index is 0.0487. The fraction of sp³-hybridized carbons (Fsp3) is 0.538. The molecule has 1 aromatic rings. The minimum atomic E-state index is -0.158. The average Bonchev–Trinajstić information content (AvgIpc) is 2.90. The number of piperidine rings is 1. The van der Waals surface area contributed by atoms with E-state index in [1.54, 1.807) is 12.4 Å². The molecule has 19 heavy (non-hydrogen) atoms. The van der Waals surface area contributed by atoms with E-state index in [1.165, 1.54) is 0 Å². The Bertz CT molecular complexity index is 438. The van der Waals surface area contributed by atoms with Crippen molar-refractivity contribution >= 4 is 5.91 Å². The molecule has 2 fully saturated rings. The van der Waals surface area contributed by atoms with Crippen molar-refractivity contribution in [3.63, 3.8) is 0 Å². The van der Waals surface area contributed by atoms with Gasteiger partial charge in [-0.2, -0.15) is 0 Å². The van der Waals surface area contributed by atoms with Gasteiger partial charge in [-0.25, -0.2) is 5.43 Å². The molecule has 6 heteroatoms. The van der Waals surface area contributed by atoms with Crippen LogP contribution in [0, 0.1) is 5.92 Å². The monoisotopic (exact) mass is 261 g/mol. The maximum Gasteiger partial charge on any atom is 0.239 e. The van der Waals surface area contributed by atoms with E-state index in [1.807, 2.05) is 12.1 Å². The zero-order valence-corrected chi connectivity index (χ0v) is 10.7. The molecule has 1 amide bonds. The molecule has 2 aliphatic rings. The third kappa shape index (κ3) is 2.75. The maximum absolute atomic E-state index is 12.2. The summed E-state index contributed by atoms with van der Waals surface area (Å²) in [6.45, 7) is 2.42. The summed E-state index contributed by atoms with van der Waals surface area (Å²) < 4.78 is 0. The first-order valence-corrected chi connectivity index (χ1v) is 6.73. The number of carbonyl (C=O) groups is 1. The summed E-state index contributed by atoms with van der Waals surface area (Å²) in [5.74, 6) is 0.371. The minimum Gasteiger partial charge on any atom is -0.351 e. The number of hydrazine groups is 1. The summed E-state index contributed by atoms with van der Waals surface area (Å²) in [5, 5.41) is 6.31. The Kier molecular flexibility index (Phi) is 3.72. The predicted molar refractivity (Wildman–Crippen MR) is 70.9 cm³/mol. The lowest BCUT2D eigenvalue weighted by Crippen LogP contribution is -2.49. The quantitative estimate of drug-likeness (QED) is 0.570. The van der Waals surface area contributed by atoms with Gasteiger partial charge >= 0.3 is 0 Å². The third-order valence-corrected chi connectivity index (χ3v) is 3.85. The maximum atomic E-state index is 12.2. The van der Waals surface area contributed by atoms with Crippen LogP contribution in [0.5, 0.6) is 0 Å². The van der Waals surface area contributed by atoms with E-state index in [0.717, 1.165) is 25.1 Å². The van der Waals surface area contributed by atoms with Crippen molar-refractivity contribution in [1.82, 2.24) is 26.5 Å². The molecular weight excluding hydrogens is 242 g/mol. The van der Waals surface area contributed by atoms with Crippen molar-refractivity contribution in [2.75, 3.05) is 13.1 Å². The smallest absolute Gasteiger partial charge is 0.239 e. The first kappa shape index (κ1) is 12.5. The zero-order valence-electron chi connectivity index (χ0n) is 10.7. The van der Waals surface area contributed by atoms with Gasteiger partial charge in [-0.1, -0.05) is 6.07 Å². The summed E-state index contributed by atoms with van der Waals surface area (Å²) in [6.07, 6.45) is 4.56. The number of amides is 1. The Hall–Kier alpha value is -1.50. The number of fused-ring (bicyclic) bond motifs is 1. The van der Waals surface area contributed by atoms with Crippen molar-refractivity contribution in [2.24, 2.45) is 5.92 Å². The van der Waals surface area contributed by atoms with Crippen LogP contribution in [0.4, 0.5) is 0 Å². The number of hydrogen-bond acceptors (Lipinski definition) is 5. The van der Waals surface area contributed by atoms with Crippen LogP contribution >= 0.6 is 0 Å². The van der Waals surface area contributed by atoms with E-state index >= 15 is 0 Å². The highest BCUT2D eigenvalue weighted by molar-refractivity contribution is 5.82. The van der Waals surface area contributed by atoms with Gasteiger partial charge in [0.15, 0.2) is 0 Å². The van der Waals surface area contributed by atoms with E-state index in [4.69, 9.17) is 0 Å². The van der Waals surface area contributed by atoms with E-state index in [2.05, 4.69) is 26.5 Å². The van der Waals surface area contributed by atoms with Crippen LogP contribution in [0.25, 0.3) is 0 Å². The first-order chi connectivity index (χ1) is 9.34. The number of aromatic nitrogens is 1. The number of nitrogens with one attached hydrogen (secondary N) is 4.